The summed E-state index contributed by atoms with van der Waals surface area (Å²) in [4.78, 5) is 28.3. The minimum atomic E-state index is -0.600. The molecule has 160 valence electrons. The maximum Gasteiger partial charge on any atom is 0.291 e. The van der Waals surface area contributed by atoms with E-state index in [1.54, 1.807) is 23.1 Å². The molecule has 0 N–H and O–H groups in total. The van der Waals surface area contributed by atoms with Crippen LogP contribution in [0.5, 0.6) is 11.5 Å². The molecule has 0 saturated carbocycles. The summed E-state index contributed by atoms with van der Waals surface area (Å²) in [5.41, 5.74) is 2.25. The summed E-state index contributed by atoms with van der Waals surface area (Å²) in [5.74, 6) is 0.947. The topological polar surface area (TPSA) is 69.0 Å². The lowest BCUT2D eigenvalue weighted by Crippen LogP contribution is -2.29. The van der Waals surface area contributed by atoms with Crippen molar-refractivity contribution in [1.82, 2.24) is 4.90 Å². The molecule has 2 aromatic carbocycles. The third kappa shape index (κ3) is 3.48. The van der Waals surface area contributed by atoms with Crippen molar-refractivity contribution >= 4 is 16.9 Å². The SMILES string of the molecule is C=CCN1C(=O)c2oc3ccc(C)cc3c(=O)c2C1c1ccc(OCC)c(OCC)c1. The molecule has 0 saturated heterocycles. The zero-order valence-electron chi connectivity index (χ0n) is 17.9. The van der Waals surface area contributed by atoms with Gasteiger partial charge in [0.05, 0.1) is 30.2 Å². The highest BCUT2D eigenvalue weighted by Gasteiger charge is 2.42. The Labute approximate surface area is 180 Å². The van der Waals surface area contributed by atoms with Crippen molar-refractivity contribution in [3.05, 3.63) is 81.7 Å². The van der Waals surface area contributed by atoms with Crippen LogP contribution < -0.4 is 14.9 Å². The molecule has 0 aliphatic carbocycles. The van der Waals surface area contributed by atoms with Crippen molar-refractivity contribution in [2.75, 3.05) is 19.8 Å². The molecule has 6 heteroatoms. The van der Waals surface area contributed by atoms with E-state index in [0.29, 0.717) is 41.2 Å². The van der Waals surface area contributed by atoms with E-state index in [0.717, 1.165) is 11.1 Å². The third-order valence-electron chi connectivity index (χ3n) is 5.33. The summed E-state index contributed by atoms with van der Waals surface area (Å²) in [6, 6.07) is 10.3. The molecule has 4 rings (SSSR count). The first-order chi connectivity index (χ1) is 15.0. The Morgan fingerprint density at radius 1 is 1.06 bits per heavy atom. The Morgan fingerprint density at radius 3 is 2.52 bits per heavy atom. The van der Waals surface area contributed by atoms with Gasteiger partial charge in [0.15, 0.2) is 16.9 Å². The van der Waals surface area contributed by atoms with E-state index in [1.807, 2.05) is 45.0 Å². The van der Waals surface area contributed by atoms with E-state index in [1.165, 1.54) is 0 Å². The molecule has 0 bridgehead atoms. The number of hydrogen-bond acceptors (Lipinski definition) is 5. The van der Waals surface area contributed by atoms with Gasteiger partial charge >= 0.3 is 0 Å². The molecule has 0 radical (unpaired) electrons. The Hall–Kier alpha value is -3.54. The van der Waals surface area contributed by atoms with Gasteiger partial charge in [-0.1, -0.05) is 23.8 Å². The smallest absolute Gasteiger partial charge is 0.291 e. The van der Waals surface area contributed by atoms with Gasteiger partial charge in [-0.25, -0.2) is 0 Å². The molecule has 1 amide bonds. The molecule has 0 spiro atoms. The lowest BCUT2D eigenvalue weighted by Gasteiger charge is -2.24. The normalized spacial score (nSPS) is 15.3. The number of rotatable bonds is 7. The van der Waals surface area contributed by atoms with Crippen LogP contribution in [-0.2, 0) is 0 Å². The van der Waals surface area contributed by atoms with E-state index >= 15 is 0 Å². The number of fused-ring (bicyclic) bond motifs is 2. The van der Waals surface area contributed by atoms with Crippen LogP contribution in [0.4, 0.5) is 0 Å². The summed E-state index contributed by atoms with van der Waals surface area (Å²) in [6.07, 6.45) is 1.64. The van der Waals surface area contributed by atoms with Gasteiger partial charge in [0.2, 0.25) is 5.76 Å². The Bertz CT molecular complexity index is 1230. The van der Waals surface area contributed by atoms with Crippen LogP contribution in [0.2, 0.25) is 0 Å². The molecular weight excluding hydrogens is 394 g/mol. The van der Waals surface area contributed by atoms with Crippen LogP contribution in [0.25, 0.3) is 11.0 Å². The molecule has 1 unspecified atom stereocenters. The van der Waals surface area contributed by atoms with E-state index in [9.17, 15) is 9.59 Å². The van der Waals surface area contributed by atoms with Gasteiger partial charge in [0.1, 0.15) is 5.58 Å². The molecule has 1 atom stereocenters. The molecule has 1 aliphatic heterocycles. The minimum Gasteiger partial charge on any atom is -0.490 e. The summed E-state index contributed by atoms with van der Waals surface area (Å²) in [5, 5.41) is 0.466. The monoisotopic (exact) mass is 419 g/mol. The number of benzene rings is 2. The molecule has 3 aromatic rings. The Balaban J connectivity index is 1.95. The van der Waals surface area contributed by atoms with Crippen molar-refractivity contribution in [1.29, 1.82) is 0 Å². The van der Waals surface area contributed by atoms with Crippen LogP contribution in [-0.4, -0.2) is 30.6 Å². The number of nitrogens with zero attached hydrogens (tertiary/aromatic N) is 1. The second-order valence-electron chi connectivity index (χ2n) is 7.39. The second-order valence-corrected chi connectivity index (χ2v) is 7.39. The third-order valence-corrected chi connectivity index (χ3v) is 5.33. The van der Waals surface area contributed by atoms with Crippen LogP contribution in [0, 0.1) is 6.92 Å². The van der Waals surface area contributed by atoms with E-state index < -0.39 is 6.04 Å². The fourth-order valence-electron chi connectivity index (χ4n) is 4.05. The van der Waals surface area contributed by atoms with E-state index in [2.05, 4.69) is 6.58 Å². The highest BCUT2D eigenvalue weighted by atomic mass is 16.5. The maximum absolute atomic E-state index is 13.5. The summed E-state index contributed by atoms with van der Waals surface area (Å²) in [6.45, 7) is 10.7. The predicted molar refractivity (Wildman–Crippen MR) is 119 cm³/mol. The highest BCUT2D eigenvalue weighted by Crippen LogP contribution is 2.41. The van der Waals surface area contributed by atoms with Gasteiger partial charge in [-0.3, -0.25) is 9.59 Å². The zero-order chi connectivity index (χ0) is 22.1. The molecule has 1 aliphatic rings. The molecular formula is C25H25NO5. The minimum absolute atomic E-state index is 0.0834. The van der Waals surface area contributed by atoms with Gasteiger partial charge in [-0.15, -0.1) is 6.58 Å². The first-order valence-electron chi connectivity index (χ1n) is 10.4. The maximum atomic E-state index is 13.5. The van der Waals surface area contributed by atoms with Gasteiger partial charge in [-0.05, 0) is 50.6 Å². The largest absolute Gasteiger partial charge is 0.490 e. The van der Waals surface area contributed by atoms with E-state index in [-0.39, 0.29) is 23.6 Å². The Kier molecular flexibility index (Phi) is 5.55. The fourth-order valence-corrected chi connectivity index (χ4v) is 4.05. The number of ether oxygens (including phenoxy) is 2. The quantitative estimate of drug-likeness (QED) is 0.522. The lowest BCUT2D eigenvalue weighted by atomic mass is 9.97. The lowest BCUT2D eigenvalue weighted by molar-refractivity contribution is 0.0748. The predicted octanol–water partition coefficient (Wildman–Crippen LogP) is 4.63. The van der Waals surface area contributed by atoms with Crippen molar-refractivity contribution in [3.8, 4) is 11.5 Å². The second kappa shape index (κ2) is 8.30. The van der Waals surface area contributed by atoms with Crippen molar-refractivity contribution in [3.63, 3.8) is 0 Å². The van der Waals surface area contributed by atoms with Crippen LogP contribution in [0.15, 0.2) is 58.3 Å². The highest BCUT2D eigenvalue weighted by molar-refractivity contribution is 5.99. The number of carbonyl (C=O) groups excluding carboxylic acids is 1. The van der Waals surface area contributed by atoms with Crippen molar-refractivity contribution in [2.24, 2.45) is 0 Å². The standard InChI is InChI=1S/C25H25NO5/c1-5-12-26-22(16-9-11-19(29-6-2)20(14-16)30-7-3)21-23(27)17-13-15(4)8-10-18(17)31-24(21)25(26)28/h5,8-11,13-14,22H,1,6-7,12H2,2-4H3. The average molecular weight is 419 g/mol. The van der Waals surface area contributed by atoms with Gasteiger partial charge < -0.3 is 18.8 Å². The zero-order valence-corrected chi connectivity index (χ0v) is 17.9. The number of aryl methyl sites for hydroxylation is 1. The first kappa shape index (κ1) is 20.7. The van der Waals surface area contributed by atoms with Gasteiger partial charge in [0, 0.05) is 6.54 Å². The fraction of sp³-hybridized carbons (Fsp3) is 0.280. The Morgan fingerprint density at radius 2 is 1.81 bits per heavy atom. The van der Waals surface area contributed by atoms with Crippen LogP contribution in [0.1, 0.15) is 47.1 Å². The van der Waals surface area contributed by atoms with Crippen molar-refractivity contribution < 1.29 is 18.7 Å². The summed E-state index contributed by atoms with van der Waals surface area (Å²) >= 11 is 0. The molecule has 31 heavy (non-hydrogen) atoms. The number of amides is 1. The molecule has 2 heterocycles. The number of carbonyl (C=O) groups is 1. The van der Waals surface area contributed by atoms with Crippen molar-refractivity contribution in [2.45, 2.75) is 26.8 Å². The average Bonchev–Trinajstić information content (AvgIpc) is 3.03. The van der Waals surface area contributed by atoms with Crippen LogP contribution >= 0.6 is 0 Å². The summed E-state index contributed by atoms with van der Waals surface area (Å²) < 4.78 is 17.4. The molecule has 6 nitrogen and oxygen atoms in total. The van der Waals surface area contributed by atoms with Gasteiger partial charge in [0.25, 0.3) is 5.91 Å². The summed E-state index contributed by atoms with van der Waals surface area (Å²) in [7, 11) is 0. The first-order valence-corrected chi connectivity index (χ1v) is 10.4. The van der Waals surface area contributed by atoms with E-state index in [4.69, 9.17) is 13.9 Å². The van der Waals surface area contributed by atoms with Crippen LogP contribution in [0.3, 0.4) is 0 Å². The molecule has 1 aromatic heterocycles. The van der Waals surface area contributed by atoms with Gasteiger partial charge in [-0.2, -0.15) is 0 Å². The number of hydrogen-bond donors (Lipinski definition) is 0. The molecule has 0 fully saturated rings.